The Morgan fingerprint density at radius 2 is 1.95 bits per heavy atom. The van der Waals surface area contributed by atoms with E-state index in [1.807, 2.05) is 6.92 Å². The summed E-state index contributed by atoms with van der Waals surface area (Å²) in [4.78, 5) is 13.4. The van der Waals surface area contributed by atoms with E-state index < -0.39 is 15.8 Å². The fourth-order valence-electron chi connectivity index (χ4n) is 3.62. The standard InChI is InChI=1S/C13H23NO4S/c1-9-12(13(15)16)6-7-14(9)10-4-3-5-11(8-10)19(2,17)18/h9-12H,3-8H2,1-2H3,(H,15,16). The molecule has 2 aliphatic rings. The minimum Gasteiger partial charge on any atom is -0.481 e. The van der Waals surface area contributed by atoms with Crippen LogP contribution in [0.2, 0.25) is 0 Å². The summed E-state index contributed by atoms with van der Waals surface area (Å²) in [5.74, 6) is -1.04. The van der Waals surface area contributed by atoms with E-state index in [0.29, 0.717) is 12.8 Å². The van der Waals surface area contributed by atoms with Crippen LogP contribution in [-0.4, -0.2) is 54.5 Å². The number of aliphatic carboxylic acids is 1. The highest BCUT2D eigenvalue weighted by Gasteiger charge is 2.41. The average Bonchev–Trinajstić information content (AvgIpc) is 2.70. The molecular formula is C13H23NO4S. The Bertz CT molecular complexity index is 448. The van der Waals surface area contributed by atoms with Crippen LogP contribution in [0.1, 0.15) is 39.0 Å². The molecule has 6 heteroatoms. The van der Waals surface area contributed by atoms with E-state index >= 15 is 0 Å². The number of carbonyl (C=O) groups is 1. The van der Waals surface area contributed by atoms with Crippen molar-refractivity contribution in [3.63, 3.8) is 0 Å². The summed E-state index contributed by atoms with van der Waals surface area (Å²) in [6.45, 7) is 2.73. The number of hydrogen-bond donors (Lipinski definition) is 1. The lowest BCUT2D eigenvalue weighted by Crippen LogP contribution is -2.45. The van der Waals surface area contributed by atoms with Gasteiger partial charge in [0.15, 0.2) is 0 Å². The highest BCUT2D eigenvalue weighted by molar-refractivity contribution is 7.91. The Labute approximate surface area is 114 Å². The zero-order chi connectivity index (χ0) is 14.2. The van der Waals surface area contributed by atoms with Crippen molar-refractivity contribution >= 4 is 15.8 Å². The van der Waals surface area contributed by atoms with E-state index in [0.717, 1.165) is 25.8 Å². The van der Waals surface area contributed by atoms with Crippen molar-refractivity contribution in [2.45, 2.75) is 56.4 Å². The topological polar surface area (TPSA) is 74.7 Å². The van der Waals surface area contributed by atoms with Gasteiger partial charge in [-0.3, -0.25) is 9.69 Å². The minimum atomic E-state index is -2.98. The smallest absolute Gasteiger partial charge is 0.308 e. The second-order valence-corrected chi connectivity index (χ2v) is 8.31. The maximum absolute atomic E-state index is 11.7. The molecule has 2 fully saturated rings. The summed E-state index contributed by atoms with van der Waals surface area (Å²) in [7, 11) is -2.98. The molecule has 1 aliphatic carbocycles. The van der Waals surface area contributed by atoms with Gasteiger partial charge in [0.1, 0.15) is 9.84 Å². The second-order valence-electron chi connectivity index (χ2n) is 5.98. The summed E-state index contributed by atoms with van der Waals surface area (Å²) >= 11 is 0. The van der Waals surface area contributed by atoms with Gasteiger partial charge in [0.25, 0.3) is 0 Å². The number of rotatable bonds is 3. The van der Waals surface area contributed by atoms with E-state index in [9.17, 15) is 13.2 Å². The van der Waals surface area contributed by atoms with Crippen molar-refractivity contribution in [1.29, 1.82) is 0 Å². The molecule has 1 N–H and O–H groups in total. The number of carboxylic acid groups (broad SMARTS) is 1. The molecule has 0 aromatic rings. The summed E-state index contributed by atoms with van der Waals surface area (Å²) in [6.07, 6.45) is 5.31. The molecule has 1 saturated heterocycles. The lowest BCUT2D eigenvalue weighted by molar-refractivity contribution is -0.142. The molecule has 1 heterocycles. The lowest BCUT2D eigenvalue weighted by Gasteiger charge is -2.37. The number of nitrogens with zero attached hydrogens (tertiary/aromatic N) is 1. The first-order valence-corrected chi connectivity index (χ1v) is 8.93. The molecule has 0 amide bonds. The van der Waals surface area contributed by atoms with Gasteiger partial charge in [-0.25, -0.2) is 8.42 Å². The first-order valence-electron chi connectivity index (χ1n) is 6.98. The van der Waals surface area contributed by atoms with Gasteiger partial charge in [0.05, 0.1) is 11.2 Å². The van der Waals surface area contributed by atoms with Crippen molar-refractivity contribution < 1.29 is 18.3 Å². The highest BCUT2D eigenvalue weighted by Crippen LogP contribution is 2.34. The quantitative estimate of drug-likeness (QED) is 0.843. The average molecular weight is 289 g/mol. The van der Waals surface area contributed by atoms with Crippen LogP contribution in [0.25, 0.3) is 0 Å². The van der Waals surface area contributed by atoms with Crippen LogP contribution in [-0.2, 0) is 14.6 Å². The van der Waals surface area contributed by atoms with Crippen molar-refractivity contribution in [2.75, 3.05) is 12.8 Å². The summed E-state index contributed by atoms with van der Waals surface area (Å²) in [5.41, 5.74) is 0. The molecule has 19 heavy (non-hydrogen) atoms. The summed E-state index contributed by atoms with van der Waals surface area (Å²) in [6, 6.07) is 0.244. The van der Waals surface area contributed by atoms with Gasteiger partial charge in [-0.15, -0.1) is 0 Å². The fourth-order valence-corrected chi connectivity index (χ4v) is 4.79. The van der Waals surface area contributed by atoms with Crippen LogP contribution in [0.5, 0.6) is 0 Å². The van der Waals surface area contributed by atoms with Gasteiger partial charge in [-0.2, -0.15) is 0 Å². The maximum Gasteiger partial charge on any atom is 0.308 e. The third kappa shape index (κ3) is 3.11. The van der Waals surface area contributed by atoms with E-state index in [4.69, 9.17) is 5.11 Å². The Hall–Kier alpha value is -0.620. The molecule has 0 aromatic carbocycles. The molecule has 4 atom stereocenters. The van der Waals surface area contributed by atoms with Gasteiger partial charge in [0, 0.05) is 18.3 Å². The lowest BCUT2D eigenvalue weighted by atomic mass is 9.92. The molecule has 0 bridgehead atoms. The monoisotopic (exact) mass is 289 g/mol. The Kier molecular flexibility index (Phi) is 4.20. The zero-order valence-electron chi connectivity index (χ0n) is 11.6. The molecule has 0 spiro atoms. The number of sulfone groups is 1. The van der Waals surface area contributed by atoms with E-state index in [2.05, 4.69) is 4.90 Å². The highest BCUT2D eigenvalue weighted by atomic mass is 32.2. The Morgan fingerprint density at radius 1 is 1.26 bits per heavy atom. The number of likely N-dealkylation sites (tertiary alicyclic amines) is 1. The molecule has 110 valence electrons. The molecular weight excluding hydrogens is 266 g/mol. The second kappa shape index (κ2) is 5.40. The third-order valence-corrected chi connectivity index (χ3v) is 6.43. The predicted octanol–water partition coefficient (Wildman–Crippen LogP) is 1.14. The summed E-state index contributed by atoms with van der Waals surface area (Å²) < 4.78 is 23.4. The van der Waals surface area contributed by atoms with Crippen LogP contribution in [0, 0.1) is 5.92 Å². The van der Waals surface area contributed by atoms with Gasteiger partial charge in [-0.05, 0) is 39.2 Å². The fraction of sp³-hybridized carbons (Fsp3) is 0.923. The number of hydrogen-bond acceptors (Lipinski definition) is 4. The molecule has 0 aromatic heterocycles. The summed E-state index contributed by atoms with van der Waals surface area (Å²) in [5, 5.41) is 8.91. The van der Waals surface area contributed by atoms with Gasteiger partial charge >= 0.3 is 5.97 Å². The molecule has 1 saturated carbocycles. The minimum absolute atomic E-state index is 0.0146. The molecule has 2 rings (SSSR count). The zero-order valence-corrected chi connectivity index (χ0v) is 12.4. The van der Waals surface area contributed by atoms with Gasteiger partial charge in [0.2, 0.25) is 0 Å². The third-order valence-electron chi connectivity index (χ3n) is 4.79. The van der Waals surface area contributed by atoms with Crippen LogP contribution >= 0.6 is 0 Å². The number of carboxylic acids is 1. The molecule has 5 nitrogen and oxygen atoms in total. The molecule has 4 unspecified atom stereocenters. The van der Waals surface area contributed by atoms with Crippen molar-refractivity contribution in [3.05, 3.63) is 0 Å². The van der Waals surface area contributed by atoms with Gasteiger partial charge in [-0.1, -0.05) is 6.42 Å². The Morgan fingerprint density at radius 3 is 2.47 bits per heavy atom. The maximum atomic E-state index is 11.7. The van der Waals surface area contributed by atoms with Crippen LogP contribution in [0.4, 0.5) is 0 Å². The van der Waals surface area contributed by atoms with Crippen LogP contribution in [0.3, 0.4) is 0 Å². The molecule has 1 aliphatic heterocycles. The van der Waals surface area contributed by atoms with Crippen molar-refractivity contribution in [2.24, 2.45) is 5.92 Å². The first-order chi connectivity index (χ1) is 8.80. The predicted molar refractivity (Wildman–Crippen MR) is 72.8 cm³/mol. The SMILES string of the molecule is CC1C(C(=O)O)CCN1C1CCCC(S(C)(=O)=O)C1. The molecule has 0 radical (unpaired) electrons. The van der Waals surface area contributed by atoms with Crippen molar-refractivity contribution in [1.82, 2.24) is 4.90 Å². The van der Waals surface area contributed by atoms with E-state index in [1.165, 1.54) is 6.26 Å². The Balaban J connectivity index is 2.05. The normalized spacial score (nSPS) is 37.4. The van der Waals surface area contributed by atoms with E-state index in [1.54, 1.807) is 0 Å². The van der Waals surface area contributed by atoms with Crippen LogP contribution < -0.4 is 0 Å². The van der Waals surface area contributed by atoms with Gasteiger partial charge < -0.3 is 5.11 Å². The van der Waals surface area contributed by atoms with Crippen molar-refractivity contribution in [3.8, 4) is 0 Å². The largest absolute Gasteiger partial charge is 0.481 e. The first kappa shape index (κ1) is 14.8. The van der Waals surface area contributed by atoms with E-state index in [-0.39, 0.29) is 23.3 Å². The van der Waals surface area contributed by atoms with Crippen LogP contribution in [0.15, 0.2) is 0 Å².